The van der Waals surface area contributed by atoms with Gasteiger partial charge in [0, 0.05) is 12.1 Å². The monoisotopic (exact) mass is 374 g/mol. The molecule has 21 heavy (non-hydrogen) atoms. The van der Waals surface area contributed by atoms with E-state index >= 15 is 0 Å². The first kappa shape index (κ1) is 14.4. The topological polar surface area (TPSA) is 17.8 Å². The summed E-state index contributed by atoms with van der Waals surface area (Å²) in [4.78, 5) is 4.19. The summed E-state index contributed by atoms with van der Waals surface area (Å²) in [6.45, 7) is 0. The quantitative estimate of drug-likeness (QED) is 0.580. The lowest BCUT2D eigenvalue weighted by atomic mass is 10.2. The Kier molecular flexibility index (Phi) is 3.67. The molecule has 1 heterocycles. The first-order valence-corrected chi connectivity index (χ1v) is 7.21. The second kappa shape index (κ2) is 5.35. The average Bonchev–Trinajstić information content (AvgIpc) is 2.75. The zero-order valence-corrected chi connectivity index (χ0v) is 12.7. The number of hydrogen-bond acceptors (Lipinski definition) is 1. The Morgan fingerprint density at radius 3 is 2.33 bits per heavy atom. The van der Waals surface area contributed by atoms with Crippen molar-refractivity contribution in [2.75, 3.05) is 0 Å². The molecule has 0 aliphatic carbocycles. The first-order valence-electron chi connectivity index (χ1n) is 5.88. The molecule has 0 aliphatic rings. The molecule has 0 saturated heterocycles. The van der Waals surface area contributed by atoms with Crippen LogP contribution in [0.4, 0.5) is 13.2 Å². The summed E-state index contributed by atoms with van der Waals surface area (Å²) in [5.41, 5.74) is 1.10. The van der Waals surface area contributed by atoms with Crippen LogP contribution < -0.4 is 0 Å². The summed E-state index contributed by atoms with van der Waals surface area (Å²) in [5.74, 6) is -1.51. The van der Waals surface area contributed by atoms with Gasteiger partial charge >= 0.3 is 0 Å². The highest BCUT2D eigenvalue weighted by Gasteiger charge is 2.15. The minimum atomic E-state index is -0.714. The van der Waals surface area contributed by atoms with E-state index in [0.717, 1.165) is 18.2 Å². The molecule has 0 atom stereocenters. The van der Waals surface area contributed by atoms with E-state index in [0.29, 0.717) is 16.9 Å². The summed E-state index contributed by atoms with van der Waals surface area (Å²) >= 11 is 8.92. The fraction of sp³-hybridized carbons (Fsp3) is 0.0714. The third-order valence-electron chi connectivity index (χ3n) is 2.99. The van der Waals surface area contributed by atoms with Crippen LogP contribution in [0, 0.1) is 17.5 Å². The molecule has 0 amide bonds. The van der Waals surface area contributed by atoms with Gasteiger partial charge in [-0.1, -0.05) is 0 Å². The van der Waals surface area contributed by atoms with Crippen LogP contribution in [-0.4, -0.2) is 9.55 Å². The number of alkyl halides is 1. The third kappa shape index (κ3) is 2.53. The van der Waals surface area contributed by atoms with Crippen LogP contribution in [0.15, 0.2) is 34.8 Å². The van der Waals surface area contributed by atoms with Crippen molar-refractivity contribution < 1.29 is 13.2 Å². The Hall–Kier alpha value is -1.53. The number of benzene rings is 2. The van der Waals surface area contributed by atoms with Gasteiger partial charge in [-0.25, -0.2) is 18.2 Å². The van der Waals surface area contributed by atoms with Crippen molar-refractivity contribution in [1.82, 2.24) is 9.55 Å². The van der Waals surface area contributed by atoms with Gasteiger partial charge in [0.15, 0.2) is 0 Å². The Morgan fingerprint density at radius 1 is 1.05 bits per heavy atom. The molecule has 0 radical (unpaired) electrons. The van der Waals surface area contributed by atoms with Crippen molar-refractivity contribution in [2.24, 2.45) is 0 Å². The van der Waals surface area contributed by atoms with E-state index < -0.39 is 17.5 Å². The van der Waals surface area contributed by atoms with E-state index in [4.69, 9.17) is 11.6 Å². The van der Waals surface area contributed by atoms with Crippen molar-refractivity contribution in [1.29, 1.82) is 0 Å². The third-order valence-corrected chi connectivity index (χ3v) is 3.84. The fourth-order valence-corrected chi connectivity index (χ4v) is 2.68. The fourth-order valence-electron chi connectivity index (χ4n) is 2.17. The summed E-state index contributed by atoms with van der Waals surface area (Å²) in [5, 5.41) is 0. The molecule has 2 nitrogen and oxygen atoms in total. The van der Waals surface area contributed by atoms with Crippen molar-refractivity contribution in [3.05, 3.63) is 58.1 Å². The number of fused-ring (bicyclic) bond motifs is 1. The second-order valence-corrected chi connectivity index (χ2v) is 5.50. The molecule has 7 heteroatoms. The van der Waals surface area contributed by atoms with Gasteiger partial charge in [0.2, 0.25) is 0 Å². The van der Waals surface area contributed by atoms with Gasteiger partial charge in [-0.05, 0) is 34.1 Å². The Bertz CT molecular complexity index is 828. The molecule has 0 aliphatic heterocycles. The van der Waals surface area contributed by atoms with Crippen molar-refractivity contribution in [2.45, 2.75) is 5.88 Å². The molecule has 108 valence electrons. The van der Waals surface area contributed by atoms with Crippen LogP contribution in [0.2, 0.25) is 0 Å². The molecule has 2 aromatic carbocycles. The van der Waals surface area contributed by atoms with Gasteiger partial charge < -0.3 is 0 Å². The maximum absolute atomic E-state index is 13.6. The molecular formula is C14H7BrClF3N2. The maximum atomic E-state index is 13.6. The van der Waals surface area contributed by atoms with E-state index in [1.54, 1.807) is 0 Å². The largest absolute Gasteiger partial charge is 0.295 e. The lowest BCUT2D eigenvalue weighted by molar-refractivity contribution is 0.581. The standard InChI is InChI=1S/C14H7BrClF3N2/c15-10-4-13-12(5-11(10)19)20-14(6-16)21(13)9-2-7(17)1-8(18)3-9/h1-5H,6H2. The van der Waals surface area contributed by atoms with Crippen molar-refractivity contribution in [3.8, 4) is 5.69 Å². The van der Waals surface area contributed by atoms with Gasteiger partial charge in [-0.15, -0.1) is 11.6 Å². The lowest BCUT2D eigenvalue weighted by Crippen LogP contribution is -2.00. The Morgan fingerprint density at radius 2 is 1.71 bits per heavy atom. The van der Waals surface area contributed by atoms with Gasteiger partial charge in [-0.3, -0.25) is 4.57 Å². The summed E-state index contributed by atoms with van der Waals surface area (Å²) in [7, 11) is 0. The highest BCUT2D eigenvalue weighted by Crippen LogP contribution is 2.28. The second-order valence-electron chi connectivity index (χ2n) is 4.38. The van der Waals surface area contributed by atoms with Gasteiger partial charge in [0.05, 0.1) is 27.1 Å². The van der Waals surface area contributed by atoms with Crippen LogP contribution in [0.25, 0.3) is 16.7 Å². The molecule has 0 bridgehead atoms. The van der Waals surface area contributed by atoms with E-state index in [1.807, 2.05) is 0 Å². The van der Waals surface area contributed by atoms with Crippen LogP contribution in [-0.2, 0) is 5.88 Å². The van der Waals surface area contributed by atoms with Gasteiger partial charge in [0.1, 0.15) is 23.3 Å². The summed E-state index contributed by atoms with van der Waals surface area (Å²) < 4.78 is 42.2. The molecule has 0 N–H and O–H groups in total. The van der Waals surface area contributed by atoms with E-state index in [1.165, 1.54) is 16.7 Å². The van der Waals surface area contributed by atoms with Crippen LogP contribution >= 0.6 is 27.5 Å². The van der Waals surface area contributed by atoms with Gasteiger partial charge in [-0.2, -0.15) is 0 Å². The predicted molar refractivity (Wildman–Crippen MR) is 78.2 cm³/mol. The lowest BCUT2D eigenvalue weighted by Gasteiger charge is -2.08. The maximum Gasteiger partial charge on any atom is 0.139 e. The number of hydrogen-bond donors (Lipinski definition) is 0. The highest BCUT2D eigenvalue weighted by molar-refractivity contribution is 9.10. The molecule has 1 aromatic heterocycles. The first-order chi connectivity index (χ1) is 9.99. The molecule has 0 unspecified atom stereocenters. The molecule has 0 saturated carbocycles. The average molecular weight is 376 g/mol. The van der Waals surface area contributed by atoms with Gasteiger partial charge in [0.25, 0.3) is 0 Å². The summed E-state index contributed by atoms with van der Waals surface area (Å²) in [6, 6.07) is 5.84. The number of imidazole rings is 1. The van der Waals surface area contributed by atoms with Crippen LogP contribution in [0.5, 0.6) is 0 Å². The normalized spacial score (nSPS) is 11.3. The van der Waals surface area contributed by atoms with Crippen LogP contribution in [0.3, 0.4) is 0 Å². The molecule has 3 aromatic rings. The zero-order chi connectivity index (χ0) is 15.1. The molecule has 3 rings (SSSR count). The molecular weight excluding hydrogens is 369 g/mol. The van der Waals surface area contributed by atoms with Crippen LogP contribution in [0.1, 0.15) is 5.82 Å². The molecule has 0 spiro atoms. The number of halogens is 5. The Balaban J connectivity index is 2.36. The summed E-state index contributed by atoms with van der Waals surface area (Å²) in [6.07, 6.45) is 0. The number of aromatic nitrogens is 2. The SMILES string of the molecule is Fc1cc(F)cc(-n2c(CCl)nc3cc(F)c(Br)cc32)c1. The minimum Gasteiger partial charge on any atom is -0.295 e. The Labute approximate surface area is 131 Å². The van der Waals surface area contributed by atoms with E-state index in [-0.39, 0.29) is 16.0 Å². The predicted octanol–water partition coefficient (Wildman–Crippen LogP) is 4.94. The number of rotatable bonds is 2. The smallest absolute Gasteiger partial charge is 0.139 e. The highest BCUT2D eigenvalue weighted by atomic mass is 79.9. The number of nitrogens with zero attached hydrogens (tertiary/aromatic N) is 2. The van der Waals surface area contributed by atoms with E-state index in [2.05, 4.69) is 20.9 Å². The van der Waals surface area contributed by atoms with Crippen molar-refractivity contribution >= 4 is 38.6 Å². The minimum absolute atomic E-state index is 0.0199. The molecule has 0 fully saturated rings. The zero-order valence-electron chi connectivity index (χ0n) is 10.4. The van der Waals surface area contributed by atoms with E-state index in [9.17, 15) is 13.2 Å². The van der Waals surface area contributed by atoms with Crippen molar-refractivity contribution in [3.63, 3.8) is 0 Å².